The van der Waals surface area contributed by atoms with Gasteiger partial charge in [-0.25, -0.2) is 0 Å². The number of carbonyl (C=O) groups excluding carboxylic acids is 2. The number of nitrogens with zero attached hydrogens (tertiary/aromatic N) is 5. The van der Waals surface area contributed by atoms with Gasteiger partial charge in [0.1, 0.15) is 5.75 Å². The summed E-state index contributed by atoms with van der Waals surface area (Å²) in [6.07, 6.45) is 2.23. The Balaban J connectivity index is 1.54. The Morgan fingerprint density at radius 1 is 1.13 bits per heavy atom. The summed E-state index contributed by atoms with van der Waals surface area (Å²) < 4.78 is 6.76. The summed E-state index contributed by atoms with van der Waals surface area (Å²) >= 11 is 7.19. The molecule has 0 spiro atoms. The summed E-state index contributed by atoms with van der Waals surface area (Å²) in [6.45, 7) is 0.390. The third-order valence-corrected chi connectivity index (χ3v) is 6.42. The minimum absolute atomic E-state index is 0.230. The normalized spacial score (nSPS) is 16.8. The van der Waals surface area contributed by atoms with Crippen LogP contribution in [0.25, 0.3) is 5.69 Å². The minimum Gasteiger partial charge on any atom is -0.497 e. The Labute approximate surface area is 188 Å². The molecule has 160 valence electrons. The van der Waals surface area contributed by atoms with Crippen molar-refractivity contribution in [2.45, 2.75) is 29.7 Å². The first-order valence-corrected chi connectivity index (χ1v) is 11.0. The second-order valence-corrected chi connectivity index (χ2v) is 8.58. The molecule has 0 radical (unpaired) electrons. The van der Waals surface area contributed by atoms with Gasteiger partial charge in [0.2, 0.25) is 11.1 Å². The van der Waals surface area contributed by atoms with E-state index < -0.39 is 5.25 Å². The smallest absolute Gasteiger partial charge is 0.260 e. The molecule has 3 aromatic rings. The number of hydrogen-bond acceptors (Lipinski definition) is 7. The van der Waals surface area contributed by atoms with Crippen molar-refractivity contribution in [3.05, 3.63) is 59.1 Å². The molecule has 0 N–H and O–H groups in total. The van der Waals surface area contributed by atoms with E-state index in [0.717, 1.165) is 24.3 Å². The van der Waals surface area contributed by atoms with Crippen molar-refractivity contribution in [3.8, 4) is 11.4 Å². The van der Waals surface area contributed by atoms with Crippen molar-refractivity contribution in [3.63, 3.8) is 0 Å². The van der Waals surface area contributed by atoms with Crippen LogP contribution in [-0.2, 0) is 4.79 Å². The van der Waals surface area contributed by atoms with Gasteiger partial charge in [0, 0.05) is 17.1 Å². The topological polar surface area (TPSA) is 90.2 Å². The fourth-order valence-corrected chi connectivity index (χ4v) is 4.55. The van der Waals surface area contributed by atoms with E-state index in [2.05, 4.69) is 15.5 Å². The number of carbonyl (C=O) groups is 2. The predicted molar refractivity (Wildman–Crippen MR) is 117 cm³/mol. The Bertz CT molecular complexity index is 1070. The van der Waals surface area contributed by atoms with Crippen LogP contribution in [0.2, 0.25) is 5.02 Å². The van der Waals surface area contributed by atoms with E-state index >= 15 is 0 Å². The lowest BCUT2D eigenvalue weighted by molar-refractivity contribution is -0.127. The molecule has 2 amide bonds. The van der Waals surface area contributed by atoms with E-state index in [0.29, 0.717) is 28.7 Å². The molecule has 1 saturated heterocycles. The molecule has 1 atom stereocenters. The lowest BCUT2D eigenvalue weighted by Crippen LogP contribution is -2.41. The van der Waals surface area contributed by atoms with E-state index in [1.807, 2.05) is 24.3 Å². The molecule has 1 fully saturated rings. The lowest BCUT2D eigenvalue weighted by Gasteiger charge is -2.22. The molecule has 1 aliphatic rings. The molecule has 4 rings (SSSR count). The summed E-state index contributed by atoms with van der Waals surface area (Å²) in [6, 6.07) is 13.9. The van der Waals surface area contributed by atoms with E-state index in [1.54, 1.807) is 36.1 Å². The van der Waals surface area contributed by atoms with Crippen LogP contribution in [0.1, 0.15) is 29.6 Å². The van der Waals surface area contributed by atoms with E-state index in [-0.39, 0.29) is 11.8 Å². The number of tetrazole rings is 1. The molecule has 2 aromatic carbocycles. The predicted octanol–water partition coefficient (Wildman–Crippen LogP) is 3.64. The number of rotatable bonds is 5. The average molecular weight is 458 g/mol. The van der Waals surface area contributed by atoms with Crippen molar-refractivity contribution in [2.24, 2.45) is 0 Å². The molecule has 31 heavy (non-hydrogen) atoms. The van der Waals surface area contributed by atoms with E-state index in [1.165, 1.54) is 16.7 Å². The van der Waals surface area contributed by atoms with Gasteiger partial charge in [0.15, 0.2) is 0 Å². The number of hydrogen-bond donors (Lipinski definition) is 0. The minimum atomic E-state index is -0.457. The molecule has 1 aromatic heterocycles. The van der Waals surface area contributed by atoms with Crippen LogP contribution in [0.3, 0.4) is 0 Å². The summed E-state index contributed by atoms with van der Waals surface area (Å²) in [7, 11) is 1.60. The molecule has 1 aliphatic heterocycles. The third kappa shape index (κ3) is 4.72. The second-order valence-electron chi connectivity index (χ2n) is 6.98. The standard InChI is InChI=1S/C21H20ClN5O3S/c1-30-17-11-9-16(10-12-17)27-21(23-24-25-27)31-18-4-2-3-13-26(20(18)29)19(28)14-5-7-15(22)8-6-14/h5-12,18H,2-4,13H2,1H3/t18-/m1/s1. The highest BCUT2D eigenvalue weighted by Gasteiger charge is 2.33. The van der Waals surface area contributed by atoms with Crippen molar-refractivity contribution < 1.29 is 14.3 Å². The number of ether oxygens (including phenoxy) is 1. The van der Waals surface area contributed by atoms with Gasteiger partial charge in [-0.3, -0.25) is 14.5 Å². The first kappa shape index (κ1) is 21.3. The Morgan fingerprint density at radius 3 is 2.58 bits per heavy atom. The van der Waals surface area contributed by atoms with Gasteiger partial charge in [0.05, 0.1) is 18.0 Å². The summed E-state index contributed by atoms with van der Waals surface area (Å²) in [5.74, 6) is 0.178. The van der Waals surface area contributed by atoms with Crippen LogP contribution in [0.5, 0.6) is 5.75 Å². The molecular formula is C21H20ClN5O3S. The summed E-state index contributed by atoms with van der Waals surface area (Å²) in [4.78, 5) is 27.5. The molecular weight excluding hydrogens is 438 g/mol. The van der Waals surface area contributed by atoms with Crippen molar-refractivity contribution in [1.82, 2.24) is 25.1 Å². The van der Waals surface area contributed by atoms with Crippen LogP contribution in [0.15, 0.2) is 53.7 Å². The first-order chi connectivity index (χ1) is 15.1. The molecule has 0 bridgehead atoms. The molecule has 0 aliphatic carbocycles. The SMILES string of the molecule is COc1ccc(-n2nnnc2S[C@@H]2CCCCN(C(=O)c3ccc(Cl)cc3)C2=O)cc1. The zero-order valence-corrected chi connectivity index (χ0v) is 18.3. The maximum atomic E-state index is 13.2. The van der Waals surface area contributed by atoms with E-state index in [4.69, 9.17) is 16.3 Å². The van der Waals surface area contributed by atoms with Gasteiger partial charge in [-0.1, -0.05) is 29.8 Å². The Morgan fingerprint density at radius 2 is 1.87 bits per heavy atom. The monoisotopic (exact) mass is 457 g/mol. The van der Waals surface area contributed by atoms with E-state index in [9.17, 15) is 9.59 Å². The van der Waals surface area contributed by atoms with Crippen molar-refractivity contribution >= 4 is 35.2 Å². The summed E-state index contributed by atoms with van der Waals surface area (Å²) in [5, 5.41) is 12.5. The van der Waals surface area contributed by atoms with Gasteiger partial charge >= 0.3 is 0 Å². The molecule has 0 saturated carbocycles. The number of halogens is 1. The van der Waals surface area contributed by atoms with Gasteiger partial charge in [-0.05, 0) is 71.8 Å². The fraction of sp³-hybridized carbons (Fsp3) is 0.286. The van der Waals surface area contributed by atoms with Gasteiger partial charge in [-0.2, -0.15) is 4.68 Å². The van der Waals surface area contributed by atoms with Crippen LogP contribution in [0, 0.1) is 0 Å². The third-order valence-electron chi connectivity index (χ3n) is 4.98. The molecule has 2 heterocycles. The number of benzene rings is 2. The Kier molecular flexibility index (Phi) is 6.53. The quantitative estimate of drug-likeness (QED) is 0.540. The molecule has 0 unspecified atom stereocenters. The van der Waals surface area contributed by atoms with Gasteiger partial charge < -0.3 is 4.74 Å². The largest absolute Gasteiger partial charge is 0.497 e. The number of likely N-dealkylation sites (tertiary alicyclic amines) is 1. The van der Waals surface area contributed by atoms with Crippen LogP contribution in [0.4, 0.5) is 0 Å². The van der Waals surface area contributed by atoms with Crippen LogP contribution in [-0.4, -0.2) is 55.8 Å². The van der Waals surface area contributed by atoms with Crippen molar-refractivity contribution in [2.75, 3.05) is 13.7 Å². The zero-order valence-electron chi connectivity index (χ0n) is 16.8. The van der Waals surface area contributed by atoms with Gasteiger partial charge in [0.25, 0.3) is 5.91 Å². The summed E-state index contributed by atoms with van der Waals surface area (Å²) in [5.41, 5.74) is 1.19. The lowest BCUT2D eigenvalue weighted by atomic mass is 10.2. The second kappa shape index (κ2) is 9.49. The maximum absolute atomic E-state index is 13.2. The number of methoxy groups -OCH3 is 1. The highest BCUT2D eigenvalue weighted by Crippen LogP contribution is 2.30. The van der Waals surface area contributed by atoms with Crippen LogP contribution < -0.4 is 4.74 Å². The highest BCUT2D eigenvalue weighted by molar-refractivity contribution is 8.00. The highest BCUT2D eigenvalue weighted by atomic mass is 35.5. The number of amides is 2. The zero-order chi connectivity index (χ0) is 21.8. The molecule has 10 heteroatoms. The first-order valence-electron chi connectivity index (χ1n) is 9.77. The van der Waals surface area contributed by atoms with Crippen LogP contribution >= 0.6 is 23.4 Å². The number of imide groups is 1. The molecule has 8 nitrogen and oxygen atoms in total. The van der Waals surface area contributed by atoms with Gasteiger partial charge in [-0.15, -0.1) is 5.10 Å². The fourth-order valence-electron chi connectivity index (χ4n) is 3.33. The Hall–Kier alpha value is -2.91. The number of aromatic nitrogens is 4. The van der Waals surface area contributed by atoms with Crippen molar-refractivity contribution in [1.29, 1.82) is 0 Å². The number of thioether (sulfide) groups is 1. The maximum Gasteiger partial charge on any atom is 0.260 e. The average Bonchev–Trinajstić information content (AvgIpc) is 3.18.